The van der Waals surface area contributed by atoms with Gasteiger partial charge in [-0.2, -0.15) is 0 Å². The molecule has 0 unspecified atom stereocenters. The van der Waals surface area contributed by atoms with E-state index in [1.807, 2.05) is 0 Å². The number of rotatable bonds is 6. The highest BCUT2D eigenvalue weighted by Crippen LogP contribution is 2.54. The molecule has 0 heterocycles. The van der Waals surface area contributed by atoms with Crippen LogP contribution >= 0.6 is 0 Å². The van der Waals surface area contributed by atoms with Crippen LogP contribution in [0.5, 0.6) is 0 Å². The zero-order valence-corrected chi connectivity index (χ0v) is 25.3. The fourth-order valence-corrected chi connectivity index (χ4v) is 6.66. The number of para-hydroxylation sites is 4. The van der Waals surface area contributed by atoms with Gasteiger partial charge >= 0.3 is 0 Å². The Morgan fingerprint density at radius 1 is 0.395 bits per heavy atom. The Morgan fingerprint density at radius 3 is 0.953 bits per heavy atom. The molecule has 0 saturated carbocycles. The lowest BCUT2D eigenvalue weighted by Crippen LogP contribution is -2.18. The number of hydrogen-bond acceptors (Lipinski definition) is 2. The van der Waals surface area contributed by atoms with Crippen LogP contribution in [0.15, 0.2) is 146 Å². The molecule has 43 heavy (non-hydrogen) atoms. The molecule has 0 atom stereocenters. The Hall–Kier alpha value is -5.08. The number of anilines is 6. The number of aryl methyl sites for hydroxylation is 2. The average Bonchev–Trinajstić information content (AvgIpc) is 3.24. The molecule has 0 spiro atoms. The van der Waals surface area contributed by atoms with Gasteiger partial charge in [0.2, 0.25) is 0 Å². The van der Waals surface area contributed by atoms with Crippen molar-refractivity contribution in [2.45, 2.75) is 33.1 Å². The fraction of sp³-hybridized carbons (Fsp3) is 0.122. The molecule has 6 aromatic rings. The van der Waals surface area contributed by atoms with Crippen molar-refractivity contribution in [3.8, 4) is 11.1 Å². The van der Waals surface area contributed by atoms with Crippen LogP contribution < -0.4 is 9.80 Å². The normalized spacial score (nSPS) is 12.8. The second kappa shape index (κ2) is 10.6. The molecule has 0 fully saturated rings. The molecular weight excluding hydrogens is 520 g/mol. The Labute approximate surface area is 255 Å². The van der Waals surface area contributed by atoms with Gasteiger partial charge in [-0.3, -0.25) is 0 Å². The third kappa shape index (κ3) is 4.60. The molecule has 0 aromatic heterocycles. The van der Waals surface area contributed by atoms with Crippen molar-refractivity contribution in [1.29, 1.82) is 0 Å². The van der Waals surface area contributed by atoms with Gasteiger partial charge in [0, 0.05) is 39.5 Å². The van der Waals surface area contributed by atoms with Gasteiger partial charge in [-0.25, -0.2) is 0 Å². The second-order valence-corrected chi connectivity index (χ2v) is 12.0. The van der Waals surface area contributed by atoms with E-state index in [4.69, 9.17) is 0 Å². The van der Waals surface area contributed by atoms with Gasteiger partial charge < -0.3 is 9.80 Å². The van der Waals surface area contributed by atoms with E-state index in [0.29, 0.717) is 0 Å². The van der Waals surface area contributed by atoms with E-state index >= 15 is 0 Å². The molecule has 2 nitrogen and oxygen atoms in total. The summed E-state index contributed by atoms with van der Waals surface area (Å²) in [6, 6.07) is 52.4. The maximum atomic E-state index is 2.44. The predicted octanol–water partition coefficient (Wildman–Crippen LogP) is 11.5. The molecule has 7 rings (SSSR count). The topological polar surface area (TPSA) is 6.48 Å². The lowest BCUT2D eigenvalue weighted by atomic mass is 9.81. The van der Waals surface area contributed by atoms with E-state index in [9.17, 15) is 0 Å². The fourth-order valence-electron chi connectivity index (χ4n) is 6.66. The van der Waals surface area contributed by atoms with E-state index < -0.39 is 0 Å². The third-order valence-electron chi connectivity index (χ3n) is 8.85. The van der Waals surface area contributed by atoms with Crippen LogP contribution in [0.25, 0.3) is 11.1 Å². The van der Waals surface area contributed by atoms with Crippen LogP contribution in [0, 0.1) is 13.8 Å². The first kappa shape index (κ1) is 26.8. The molecule has 0 N–H and O–H groups in total. The lowest BCUT2D eigenvalue weighted by molar-refractivity contribution is 0.660. The highest BCUT2D eigenvalue weighted by atomic mass is 15.1. The standard InChI is InChI=1S/C41H36N2/c1-29-25-35-36-26-30(2)40(43(33-21-13-7-14-22-33)34-23-15-8-16-24-34)28-38(36)41(3,4)37(35)27-39(29)42(31-17-9-5-10-18-31)32-19-11-6-12-20-32/h5-28H,1-4H3. The molecule has 2 heteroatoms. The van der Waals surface area contributed by atoms with E-state index in [1.54, 1.807) is 0 Å². The quantitative estimate of drug-likeness (QED) is 0.201. The number of nitrogens with zero attached hydrogens (tertiary/aromatic N) is 2. The highest BCUT2D eigenvalue weighted by Gasteiger charge is 2.38. The van der Waals surface area contributed by atoms with Crippen LogP contribution in [-0.4, -0.2) is 0 Å². The van der Waals surface area contributed by atoms with Crippen LogP contribution in [0.3, 0.4) is 0 Å². The van der Waals surface area contributed by atoms with E-state index in [-0.39, 0.29) is 5.41 Å². The highest BCUT2D eigenvalue weighted by molar-refractivity contribution is 5.90. The smallest absolute Gasteiger partial charge is 0.0494 e. The van der Waals surface area contributed by atoms with Crippen molar-refractivity contribution < 1.29 is 0 Å². The van der Waals surface area contributed by atoms with E-state index in [0.717, 1.165) is 22.7 Å². The second-order valence-electron chi connectivity index (χ2n) is 12.0. The van der Waals surface area contributed by atoms with Gasteiger partial charge in [-0.05, 0) is 120 Å². The van der Waals surface area contributed by atoms with Crippen LogP contribution in [-0.2, 0) is 5.41 Å². The molecule has 1 aliphatic carbocycles. The maximum absolute atomic E-state index is 2.44. The Morgan fingerprint density at radius 2 is 0.674 bits per heavy atom. The molecule has 0 saturated heterocycles. The summed E-state index contributed by atoms with van der Waals surface area (Å²) in [5.41, 5.74) is 14.8. The number of benzene rings is 6. The summed E-state index contributed by atoms with van der Waals surface area (Å²) in [6.45, 7) is 9.24. The molecular formula is C41H36N2. The zero-order valence-electron chi connectivity index (χ0n) is 25.3. The van der Waals surface area contributed by atoms with Crippen molar-refractivity contribution in [3.05, 3.63) is 168 Å². The minimum Gasteiger partial charge on any atom is -0.310 e. The first-order valence-corrected chi connectivity index (χ1v) is 15.0. The molecule has 1 aliphatic rings. The van der Waals surface area contributed by atoms with Crippen LogP contribution in [0.2, 0.25) is 0 Å². The lowest BCUT2D eigenvalue weighted by Gasteiger charge is -2.30. The molecule has 210 valence electrons. The molecule has 0 radical (unpaired) electrons. The summed E-state index contributed by atoms with van der Waals surface area (Å²) in [6.07, 6.45) is 0. The first-order valence-electron chi connectivity index (χ1n) is 15.0. The molecule has 0 amide bonds. The third-order valence-corrected chi connectivity index (χ3v) is 8.85. The van der Waals surface area contributed by atoms with Crippen LogP contribution in [0.4, 0.5) is 34.1 Å². The van der Waals surface area contributed by atoms with Crippen molar-refractivity contribution in [2.75, 3.05) is 9.80 Å². The van der Waals surface area contributed by atoms with Gasteiger partial charge in [0.25, 0.3) is 0 Å². The van der Waals surface area contributed by atoms with Crippen molar-refractivity contribution in [1.82, 2.24) is 0 Å². The summed E-state index contributed by atoms with van der Waals surface area (Å²) in [4.78, 5) is 4.77. The van der Waals surface area contributed by atoms with Gasteiger partial charge in [0.05, 0.1) is 0 Å². The SMILES string of the molecule is Cc1cc2c(cc1N(c1ccccc1)c1ccccc1)C(C)(C)c1cc(N(c3ccccc3)c3ccccc3)c(C)cc1-2. The van der Waals surface area contributed by atoms with E-state index in [1.165, 1.54) is 44.8 Å². The number of hydrogen-bond donors (Lipinski definition) is 0. The largest absolute Gasteiger partial charge is 0.310 e. The first-order chi connectivity index (χ1) is 20.9. The Kier molecular flexibility index (Phi) is 6.63. The zero-order chi connectivity index (χ0) is 29.6. The summed E-state index contributed by atoms with van der Waals surface area (Å²) < 4.78 is 0. The Bertz CT molecular complexity index is 1670. The monoisotopic (exact) mass is 556 g/mol. The van der Waals surface area contributed by atoms with Crippen LogP contribution in [0.1, 0.15) is 36.1 Å². The van der Waals surface area contributed by atoms with Crippen molar-refractivity contribution in [2.24, 2.45) is 0 Å². The Balaban J connectivity index is 1.40. The molecule has 6 aromatic carbocycles. The predicted molar refractivity (Wildman–Crippen MR) is 183 cm³/mol. The minimum absolute atomic E-state index is 0.173. The molecule has 0 aliphatic heterocycles. The van der Waals surface area contributed by atoms with Crippen molar-refractivity contribution >= 4 is 34.1 Å². The van der Waals surface area contributed by atoms with Gasteiger partial charge in [-0.15, -0.1) is 0 Å². The summed E-state index contributed by atoms with van der Waals surface area (Å²) in [5.74, 6) is 0. The molecule has 0 bridgehead atoms. The summed E-state index contributed by atoms with van der Waals surface area (Å²) in [5, 5.41) is 0. The number of fused-ring (bicyclic) bond motifs is 3. The van der Waals surface area contributed by atoms with Gasteiger partial charge in [-0.1, -0.05) is 86.6 Å². The van der Waals surface area contributed by atoms with Gasteiger partial charge in [0.15, 0.2) is 0 Å². The van der Waals surface area contributed by atoms with E-state index in [2.05, 4.69) is 183 Å². The maximum Gasteiger partial charge on any atom is 0.0494 e. The van der Waals surface area contributed by atoms with Gasteiger partial charge in [0.1, 0.15) is 0 Å². The average molecular weight is 557 g/mol. The minimum atomic E-state index is -0.173. The summed E-state index contributed by atoms with van der Waals surface area (Å²) in [7, 11) is 0. The van der Waals surface area contributed by atoms with Crippen molar-refractivity contribution in [3.63, 3.8) is 0 Å². The summed E-state index contributed by atoms with van der Waals surface area (Å²) >= 11 is 0.